The van der Waals surface area contributed by atoms with Crippen LogP contribution in [0.5, 0.6) is 23.3 Å². The summed E-state index contributed by atoms with van der Waals surface area (Å²) in [6, 6.07) is 24.7. The van der Waals surface area contributed by atoms with Gasteiger partial charge in [0.15, 0.2) is 0 Å². The topological polar surface area (TPSA) is 57.4 Å². The van der Waals surface area contributed by atoms with E-state index in [1.54, 1.807) is 36.7 Å². The van der Waals surface area contributed by atoms with Crippen LogP contribution in [0, 0.1) is 12.1 Å². The number of furan rings is 1. The summed E-state index contributed by atoms with van der Waals surface area (Å²) < 4.78 is 17.4. The van der Waals surface area contributed by atoms with Crippen molar-refractivity contribution in [2.75, 3.05) is 0 Å². The fraction of sp³-hybridized carbons (Fsp3) is 0. The molecule has 0 saturated heterocycles. The third-order valence-electron chi connectivity index (χ3n) is 3.94. The second-order valence-corrected chi connectivity index (χ2v) is 5.77. The second kappa shape index (κ2) is 7.83. The van der Waals surface area contributed by atoms with Gasteiger partial charge in [-0.1, -0.05) is 24.3 Å². The normalized spacial score (nSPS) is 10.6. The first-order valence-corrected chi connectivity index (χ1v) is 8.34. The van der Waals surface area contributed by atoms with Crippen molar-refractivity contribution in [3.63, 3.8) is 0 Å². The summed E-state index contributed by atoms with van der Waals surface area (Å²) in [5, 5.41) is 1.54. The maximum Gasteiger partial charge on any atom is 2.00 e. The monoisotopic (exact) mass is 547 g/mol. The zero-order chi connectivity index (χ0) is 18.1. The number of hydrogen-bond donors (Lipinski definition) is 0. The average Bonchev–Trinajstić information content (AvgIpc) is 3.07. The first kappa shape index (κ1) is 18.2. The van der Waals surface area contributed by atoms with Crippen LogP contribution >= 0.6 is 0 Å². The first-order chi connectivity index (χ1) is 13.3. The molecule has 0 aliphatic heterocycles. The number of ether oxygens (including phenoxy) is 2. The molecule has 0 atom stereocenters. The number of fused-ring (bicyclic) bond motifs is 3. The Kier molecular flexibility index (Phi) is 5.09. The van der Waals surface area contributed by atoms with Gasteiger partial charge in [-0.25, -0.2) is 9.97 Å². The number of pyridine rings is 2. The van der Waals surface area contributed by atoms with E-state index in [2.05, 4.69) is 22.1 Å². The Hall–Kier alpha value is -3.17. The van der Waals surface area contributed by atoms with Crippen molar-refractivity contribution < 1.29 is 35.0 Å². The van der Waals surface area contributed by atoms with Gasteiger partial charge in [0.2, 0.25) is 11.8 Å². The van der Waals surface area contributed by atoms with Crippen molar-refractivity contribution in [3.05, 3.63) is 85.2 Å². The number of rotatable bonds is 4. The van der Waals surface area contributed by atoms with E-state index in [4.69, 9.17) is 13.9 Å². The molecule has 0 radical (unpaired) electrons. The molecule has 2 aromatic carbocycles. The van der Waals surface area contributed by atoms with Crippen LogP contribution in [0.3, 0.4) is 0 Å². The molecular weight excluding hydrogens is 535 g/mol. The van der Waals surface area contributed by atoms with E-state index in [0.717, 1.165) is 10.8 Å². The molecule has 0 amide bonds. The molecule has 0 saturated carbocycles. The Bertz CT molecular complexity index is 1130. The van der Waals surface area contributed by atoms with Crippen LogP contribution < -0.4 is 9.47 Å². The minimum Gasteiger partial charge on any atom is -0.564 e. The zero-order valence-corrected chi connectivity index (χ0v) is 16.6. The standard InChI is InChI=1S/C22H12N2O3.Pt/c1-3-11-23-21(5-1)25-15-7-9-19-17(13-15)18-14-16(8-10-20(18)27-19)26-22-6-2-4-12-24-22;/h1-12H;/q-2;+2. The fourth-order valence-electron chi connectivity index (χ4n) is 2.74. The molecule has 0 aliphatic carbocycles. The molecule has 0 aliphatic rings. The molecule has 138 valence electrons. The molecule has 5 rings (SSSR count). The number of benzene rings is 2. The summed E-state index contributed by atoms with van der Waals surface area (Å²) in [5.74, 6) is 2.11. The molecule has 3 heterocycles. The van der Waals surface area contributed by atoms with E-state index < -0.39 is 0 Å². The largest absolute Gasteiger partial charge is 2.00 e. The molecule has 0 spiro atoms. The molecule has 6 heteroatoms. The van der Waals surface area contributed by atoms with E-state index in [-0.39, 0.29) is 21.1 Å². The van der Waals surface area contributed by atoms with Crippen molar-refractivity contribution in [2.45, 2.75) is 0 Å². The summed E-state index contributed by atoms with van der Waals surface area (Å²) >= 11 is 0. The summed E-state index contributed by atoms with van der Waals surface area (Å²) in [7, 11) is 0. The van der Waals surface area contributed by atoms with Gasteiger partial charge in [0.25, 0.3) is 0 Å². The summed E-state index contributed by atoms with van der Waals surface area (Å²) in [4.78, 5) is 8.33. The predicted octanol–water partition coefficient (Wildman–Crippen LogP) is 5.56. The molecular formula is C22H12N2O3Pt. The first-order valence-electron chi connectivity index (χ1n) is 8.34. The molecule has 5 aromatic rings. The maximum absolute atomic E-state index is 5.86. The van der Waals surface area contributed by atoms with Crippen LogP contribution in [0.1, 0.15) is 0 Å². The van der Waals surface area contributed by atoms with E-state index >= 15 is 0 Å². The van der Waals surface area contributed by atoms with Crippen LogP contribution in [0.4, 0.5) is 0 Å². The van der Waals surface area contributed by atoms with Crippen molar-refractivity contribution in [1.29, 1.82) is 0 Å². The van der Waals surface area contributed by atoms with Crippen LogP contribution in [0.15, 0.2) is 77.5 Å². The molecule has 0 bridgehead atoms. The summed E-state index contributed by atoms with van der Waals surface area (Å²) in [6.07, 6.45) is 3.35. The van der Waals surface area contributed by atoms with Gasteiger partial charge in [-0.2, -0.15) is 10.8 Å². The Balaban J connectivity index is 0.00000192. The van der Waals surface area contributed by atoms with E-state index in [0.29, 0.717) is 34.4 Å². The minimum atomic E-state index is 0. The third-order valence-corrected chi connectivity index (χ3v) is 3.94. The van der Waals surface area contributed by atoms with Crippen LogP contribution in [-0.2, 0) is 21.1 Å². The minimum absolute atomic E-state index is 0. The van der Waals surface area contributed by atoms with Gasteiger partial charge in [0.05, 0.1) is 0 Å². The molecule has 0 unspecified atom stereocenters. The Morgan fingerprint density at radius 1 is 0.643 bits per heavy atom. The smallest absolute Gasteiger partial charge is 0.564 e. The van der Waals surface area contributed by atoms with E-state index in [9.17, 15) is 0 Å². The van der Waals surface area contributed by atoms with Crippen LogP contribution in [-0.4, -0.2) is 9.97 Å². The van der Waals surface area contributed by atoms with Gasteiger partial charge < -0.3 is 13.9 Å². The average molecular weight is 547 g/mol. The fourth-order valence-corrected chi connectivity index (χ4v) is 2.74. The van der Waals surface area contributed by atoms with Crippen LogP contribution in [0.2, 0.25) is 0 Å². The molecule has 28 heavy (non-hydrogen) atoms. The second-order valence-electron chi connectivity index (χ2n) is 5.77. The Morgan fingerprint density at radius 3 is 1.57 bits per heavy atom. The Labute approximate surface area is 175 Å². The molecule has 5 nitrogen and oxygen atoms in total. The Morgan fingerprint density at radius 2 is 1.14 bits per heavy atom. The number of hydrogen-bond acceptors (Lipinski definition) is 5. The van der Waals surface area contributed by atoms with Gasteiger partial charge in [-0.3, -0.25) is 0 Å². The van der Waals surface area contributed by atoms with Crippen molar-refractivity contribution in [1.82, 2.24) is 9.97 Å². The molecule has 3 aromatic heterocycles. The van der Waals surface area contributed by atoms with Gasteiger partial charge in [-0.05, 0) is 23.3 Å². The summed E-state index contributed by atoms with van der Waals surface area (Å²) in [5.41, 5.74) is 1.40. The van der Waals surface area contributed by atoms with Gasteiger partial charge >= 0.3 is 21.1 Å². The van der Waals surface area contributed by atoms with Crippen molar-refractivity contribution >= 4 is 21.9 Å². The number of nitrogens with zero attached hydrogens (tertiary/aromatic N) is 2. The van der Waals surface area contributed by atoms with E-state index in [1.165, 1.54) is 0 Å². The van der Waals surface area contributed by atoms with Crippen molar-refractivity contribution in [2.24, 2.45) is 0 Å². The SMILES string of the molecule is [Pt+2].[c-]1c(Oc2ccccn2)ccc2oc3ccc(Oc4ccccn4)[c-]c3c12. The zero-order valence-electron chi connectivity index (χ0n) is 14.4. The van der Waals surface area contributed by atoms with Gasteiger partial charge in [0, 0.05) is 36.0 Å². The molecule has 0 fully saturated rings. The summed E-state index contributed by atoms with van der Waals surface area (Å²) in [6.45, 7) is 0. The van der Waals surface area contributed by atoms with Crippen molar-refractivity contribution in [3.8, 4) is 23.3 Å². The van der Waals surface area contributed by atoms with Gasteiger partial charge in [-0.15, -0.1) is 24.3 Å². The third kappa shape index (κ3) is 3.62. The predicted molar refractivity (Wildman–Crippen MR) is 100 cm³/mol. The van der Waals surface area contributed by atoms with E-state index in [1.807, 2.05) is 36.4 Å². The number of aromatic nitrogens is 2. The maximum atomic E-state index is 5.86. The van der Waals surface area contributed by atoms with Gasteiger partial charge in [0.1, 0.15) is 0 Å². The van der Waals surface area contributed by atoms with Crippen LogP contribution in [0.25, 0.3) is 21.9 Å². The quantitative estimate of drug-likeness (QED) is 0.276. The molecule has 0 N–H and O–H groups in total.